The van der Waals surface area contributed by atoms with Crippen molar-refractivity contribution in [3.63, 3.8) is 0 Å². The third kappa shape index (κ3) is 7.25. The quantitative estimate of drug-likeness (QED) is 0.123. The molecule has 4 aromatic rings. The van der Waals surface area contributed by atoms with Gasteiger partial charge in [0.25, 0.3) is 11.4 Å². The van der Waals surface area contributed by atoms with Crippen LogP contribution in [-0.2, 0) is 0 Å². The van der Waals surface area contributed by atoms with Crippen LogP contribution in [0.15, 0.2) is 119 Å². The smallest absolute Gasteiger partial charge is 0.269 e. The van der Waals surface area contributed by atoms with E-state index in [1.54, 1.807) is 54.6 Å². The topological polar surface area (TPSA) is 163 Å². The summed E-state index contributed by atoms with van der Waals surface area (Å²) < 4.78 is 0. The highest BCUT2D eigenvalue weighted by molar-refractivity contribution is 5.43. The number of non-ortho nitro benzene ring substituents is 2. The highest BCUT2D eigenvalue weighted by Gasteiger charge is 2.09. The van der Waals surface area contributed by atoms with Gasteiger partial charge in [-0.1, -0.05) is 46.1 Å². The second-order valence-electron chi connectivity index (χ2n) is 6.96. The van der Waals surface area contributed by atoms with Crippen LogP contribution in [0, 0.1) is 30.6 Å². The van der Waals surface area contributed by atoms with Gasteiger partial charge in [-0.2, -0.15) is 0 Å². The molecule has 0 saturated heterocycles. The summed E-state index contributed by atoms with van der Waals surface area (Å²) >= 11 is 0. The highest BCUT2D eigenvalue weighted by atomic mass is 16.6. The van der Waals surface area contributed by atoms with Crippen LogP contribution in [0.3, 0.4) is 0 Å². The lowest BCUT2D eigenvalue weighted by Gasteiger charge is -1.99. The number of azo groups is 2. The minimum atomic E-state index is -0.521. The fourth-order valence-electron chi connectivity index (χ4n) is 2.72. The van der Waals surface area contributed by atoms with Crippen molar-refractivity contribution in [1.82, 2.24) is 0 Å². The molecule has 0 aromatic heterocycles. The Hall–Kier alpha value is -5.52. The summed E-state index contributed by atoms with van der Waals surface area (Å²) in [6.07, 6.45) is 0. The van der Waals surface area contributed by atoms with E-state index < -0.39 is 9.85 Å². The third-order valence-electron chi connectivity index (χ3n) is 4.49. The zero-order valence-electron chi connectivity index (χ0n) is 18.5. The van der Waals surface area contributed by atoms with Gasteiger partial charge in [-0.15, -0.1) is 0 Å². The van der Waals surface area contributed by atoms with Crippen molar-refractivity contribution >= 4 is 34.1 Å². The molecule has 0 amide bonds. The van der Waals surface area contributed by atoms with E-state index in [-0.39, 0.29) is 17.1 Å². The summed E-state index contributed by atoms with van der Waals surface area (Å²) in [5, 5.41) is 51.8. The molecule has 180 valence electrons. The minimum Gasteiger partial charge on any atom is -0.594 e. The van der Waals surface area contributed by atoms with Gasteiger partial charge in [0.05, 0.1) is 9.85 Å². The number of nitro benzene ring substituents is 2. The Kier molecular flexibility index (Phi) is 8.43. The Bertz CT molecular complexity index is 1380. The molecule has 36 heavy (non-hydrogen) atoms. The van der Waals surface area contributed by atoms with Crippen LogP contribution in [0.2, 0.25) is 0 Å². The Morgan fingerprint density at radius 3 is 1.19 bits per heavy atom. The number of rotatable bonds is 6. The zero-order valence-corrected chi connectivity index (χ0v) is 18.5. The molecule has 0 aliphatic rings. The van der Waals surface area contributed by atoms with E-state index in [0.29, 0.717) is 26.8 Å². The first kappa shape index (κ1) is 25.1. The largest absolute Gasteiger partial charge is 0.594 e. The lowest BCUT2D eigenvalue weighted by Crippen LogP contribution is -1.92. The van der Waals surface area contributed by atoms with Crippen molar-refractivity contribution < 1.29 is 19.6 Å². The van der Waals surface area contributed by atoms with Gasteiger partial charge in [0.15, 0.2) is 0 Å². The van der Waals surface area contributed by atoms with Crippen LogP contribution in [0.25, 0.3) is 0 Å². The standard InChI is InChI=1S/2C12H9N3O3/c16-14(11-4-2-1-3-5-11)13-10-6-8-12(9-7-10)15(17)18;16-14(13-10-4-2-1-3-5-10)11-6-8-12(9-7-11)15(17)18/h2*1-9H. The summed E-state index contributed by atoms with van der Waals surface area (Å²) in [5.74, 6) is 0. The molecule has 0 aliphatic carbocycles. The number of nitro groups is 2. The monoisotopic (exact) mass is 486 g/mol. The van der Waals surface area contributed by atoms with Crippen molar-refractivity contribution in [2.45, 2.75) is 0 Å². The summed E-state index contributed by atoms with van der Waals surface area (Å²) in [4.78, 5) is 20.8. The molecule has 0 fully saturated rings. The van der Waals surface area contributed by atoms with Gasteiger partial charge in [0.1, 0.15) is 11.4 Å². The maximum Gasteiger partial charge on any atom is 0.269 e. The molecule has 12 heteroatoms. The fraction of sp³-hybridized carbons (Fsp3) is 0. The summed E-state index contributed by atoms with van der Waals surface area (Å²) in [5.41, 5.74) is 1.42. The van der Waals surface area contributed by atoms with Gasteiger partial charge < -0.3 is 10.4 Å². The number of nitrogens with zero attached hydrogens (tertiary/aromatic N) is 6. The first-order valence-corrected chi connectivity index (χ1v) is 10.3. The zero-order chi connectivity index (χ0) is 25.9. The molecule has 4 aromatic carbocycles. The van der Waals surface area contributed by atoms with E-state index in [9.17, 15) is 30.6 Å². The molecule has 12 nitrogen and oxygen atoms in total. The average molecular weight is 486 g/mol. The van der Waals surface area contributed by atoms with Crippen molar-refractivity contribution in [1.29, 1.82) is 0 Å². The number of benzene rings is 4. The van der Waals surface area contributed by atoms with Crippen LogP contribution in [0.4, 0.5) is 34.1 Å². The summed E-state index contributed by atoms with van der Waals surface area (Å²) in [6, 6.07) is 27.9. The second kappa shape index (κ2) is 12.1. The Balaban J connectivity index is 0.000000201. The van der Waals surface area contributed by atoms with Crippen LogP contribution < -0.4 is 0 Å². The van der Waals surface area contributed by atoms with E-state index >= 15 is 0 Å². The molecule has 0 spiro atoms. The molecule has 0 unspecified atom stereocenters. The lowest BCUT2D eigenvalue weighted by molar-refractivity contribution is -0.435. The highest BCUT2D eigenvalue weighted by Crippen LogP contribution is 2.21. The van der Waals surface area contributed by atoms with E-state index in [4.69, 9.17) is 0 Å². The van der Waals surface area contributed by atoms with Crippen LogP contribution in [0.1, 0.15) is 0 Å². The fourth-order valence-corrected chi connectivity index (χ4v) is 2.72. The van der Waals surface area contributed by atoms with Crippen molar-refractivity contribution in [3.05, 3.63) is 140 Å². The Labute approximate surface area is 204 Å². The Morgan fingerprint density at radius 2 is 0.750 bits per heavy atom. The average Bonchev–Trinajstić information content (AvgIpc) is 2.90. The normalized spacial score (nSPS) is 11.2. The van der Waals surface area contributed by atoms with Gasteiger partial charge in [-0.05, 0) is 24.3 Å². The lowest BCUT2D eigenvalue weighted by atomic mass is 10.3. The molecule has 0 saturated carbocycles. The molecule has 0 bridgehead atoms. The molecule has 0 heterocycles. The SMILES string of the molecule is O=[N+]([O-])c1ccc(N=[N+]([O-])c2ccccc2)cc1.O=[N+]([O-])c1ccc([N+]([O-])=Nc2ccccc2)cc1. The molecular formula is C24H18N6O6. The second-order valence-corrected chi connectivity index (χ2v) is 6.96. The summed E-state index contributed by atoms with van der Waals surface area (Å²) in [6.45, 7) is 0. The third-order valence-corrected chi connectivity index (χ3v) is 4.49. The molecule has 0 aliphatic heterocycles. The van der Waals surface area contributed by atoms with Crippen LogP contribution in [-0.4, -0.2) is 19.6 Å². The van der Waals surface area contributed by atoms with Crippen molar-refractivity contribution in [3.8, 4) is 0 Å². The van der Waals surface area contributed by atoms with E-state index in [0.717, 1.165) is 0 Å². The molecular weight excluding hydrogens is 468 g/mol. The first-order valence-electron chi connectivity index (χ1n) is 10.3. The van der Waals surface area contributed by atoms with Gasteiger partial charge >= 0.3 is 0 Å². The van der Waals surface area contributed by atoms with Crippen molar-refractivity contribution in [2.75, 3.05) is 0 Å². The van der Waals surface area contributed by atoms with Gasteiger partial charge in [-0.25, -0.2) is 0 Å². The van der Waals surface area contributed by atoms with E-state index in [2.05, 4.69) is 10.2 Å². The maximum atomic E-state index is 11.7. The predicted octanol–water partition coefficient (Wildman–Crippen LogP) is 7.04. The number of hydrogen-bond donors (Lipinski definition) is 0. The molecule has 0 N–H and O–H groups in total. The van der Waals surface area contributed by atoms with E-state index in [1.165, 1.54) is 48.5 Å². The van der Waals surface area contributed by atoms with E-state index in [1.807, 2.05) is 6.07 Å². The van der Waals surface area contributed by atoms with Crippen molar-refractivity contribution in [2.24, 2.45) is 10.2 Å². The predicted molar refractivity (Wildman–Crippen MR) is 130 cm³/mol. The van der Waals surface area contributed by atoms with Gasteiger partial charge in [-0.3, -0.25) is 20.2 Å². The Morgan fingerprint density at radius 1 is 0.417 bits per heavy atom. The first-order chi connectivity index (χ1) is 17.3. The van der Waals surface area contributed by atoms with Gasteiger partial charge in [0.2, 0.25) is 11.4 Å². The molecule has 4 rings (SSSR count). The number of para-hydroxylation sites is 1. The minimum absolute atomic E-state index is 0.0360. The molecule has 0 atom stereocenters. The van der Waals surface area contributed by atoms with Gasteiger partial charge in [0, 0.05) is 58.8 Å². The molecule has 0 radical (unpaired) electrons. The number of hydrogen-bond acceptors (Lipinski definition) is 8. The van der Waals surface area contributed by atoms with Crippen LogP contribution in [0.5, 0.6) is 0 Å². The summed E-state index contributed by atoms with van der Waals surface area (Å²) in [7, 11) is 0. The maximum absolute atomic E-state index is 11.7. The van der Waals surface area contributed by atoms with Crippen LogP contribution >= 0.6 is 0 Å².